The maximum atomic E-state index is 13.7. The first-order chi connectivity index (χ1) is 12.4. The molecule has 1 aromatic heterocycles. The molecule has 0 aliphatic heterocycles. The third kappa shape index (κ3) is 3.46. The molecule has 0 bridgehead atoms. The number of aromatic nitrogens is 3. The summed E-state index contributed by atoms with van der Waals surface area (Å²) in [7, 11) is 0. The molecule has 1 amide bonds. The van der Waals surface area contributed by atoms with E-state index in [9.17, 15) is 13.6 Å². The van der Waals surface area contributed by atoms with Gasteiger partial charge < -0.3 is 5.32 Å². The van der Waals surface area contributed by atoms with Crippen LogP contribution in [-0.2, 0) is 0 Å². The molecule has 1 heterocycles. The van der Waals surface area contributed by atoms with Crippen LogP contribution in [0.3, 0.4) is 0 Å². The van der Waals surface area contributed by atoms with Gasteiger partial charge in [0, 0.05) is 6.07 Å². The van der Waals surface area contributed by atoms with E-state index >= 15 is 0 Å². The van der Waals surface area contributed by atoms with E-state index in [0.29, 0.717) is 17.7 Å². The van der Waals surface area contributed by atoms with Gasteiger partial charge in [0.2, 0.25) is 0 Å². The first-order valence-electron chi connectivity index (χ1n) is 8.16. The molecule has 7 heteroatoms. The summed E-state index contributed by atoms with van der Waals surface area (Å²) < 4.78 is 28.2. The summed E-state index contributed by atoms with van der Waals surface area (Å²) in [5.41, 5.74) is 2.43. The molecule has 0 unspecified atom stereocenters. The van der Waals surface area contributed by atoms with E-state index in [-0.39, 0.29) is 11.4 Å². The lowest BCUT2D eigenvalue weighted by molar-refractivity contribution is 0.102. The third-order valence-electron chi connectivity index (χ3n) is 4.09. The molecule has 0 atom stereocenters. The highest BCUT2D eigenvalue weighted by Gasteiger charge is 2.19. The molecule has 1 N–H and O–H groups in total. The highest BCUT2D eigenvalue weighted by atomic mass is 19.1. The highest BCUT2D eigenvalue weighted by molar-refractivity contribution is 6.03. The van der Waals surface area contributed by atoms with Crippen molar-refractivity contribution in [1.29, 1.82) is 0 Å². The number of hydrogen-bond acceptors (Lipinski definition) is 3. The number of amides is 1. The van der Waals surface area contributed by atoms with Gasteiger partial charge in [-0.1, -0.05) is 31.2 Å². The van der Waals surface area contributed by atoms with Crippen LogP contribution in [0.1, 0.15) is 41.5 Å². The molecule has 5 nitrogen and oxygen atoms in total. The van der Waals surface area contributed by atoms with Crippen molar-refractivity contribution in [2.45, 2.75) is 26.7 Å². The first-order valence-corrected chi connectivity index (χ1v) is 8.16. The van der Waals surface area contributed by atoms with Crippen LogP contribution >= 0.6 is 0 Å². The molecule has 26 heavy (non-hydrogen) atoms. The van der Waals surface area contributed by atoms with E-state index in [1.807, 2.05) is 24.3 Å². The Hall–Kier alpha value is -3.09. The van der Waals surface area contributed by atoms with E-state index in [1.54, 1.807) is 11.6 Å². The SMILES string of the molecule is Cc1c(C(=O)Nc2ccc(F)cc2F)nnn1-c1ccc(C(C)C)cc1. The number of carbonyl (C=O) groups excluding carboxylic acids is 1. The van der Waals surface area contributed by atoms with Gasteiger partial charge in [-0.15, -0.1) is 5.10 Å². The van der Waals surface area contributed by atoms with Gasteiger partial charge in [0.15, 0.2) is 5.69 Å². The molecule has 3 aromatic rings. The molecule has 0 aliphatic rings. The number of halogens is 2. The number of rotatable bonds is 4. The van der Waals surface area contributed by atoms with Gasteiger partial charge in [-0.3, -0.25) is 4.79 Å². The Labute approximate surface area is 149 Å². The van der Waals surface area contributed by atoms with Gasteiger partial charge in [-0.2, -0.15) is 0 Å². The van der Waals surface area contributed by atoms with Gasteiger partial charge in [0.1, 0.15) is 11.6 Å². The zero-order chi connectivity index (χ0) is 18.8. The second-order valence-electron chi connectivity index (χ2n) is 6.26. The van der Waals surface area contributed by atoms with Crippen molar-refractivity contribution < 1.29 is 13.6 Å². The molecule has 2 aromatic carbocycles. The van der Waals surface area contributed by atoms with Crippen LogP contribution in [0.25, 0.3) is 5.69 Å². The number of carbonyl (C=O) groups is 1. The Morgan fingerprint density at radius 2 is 1.81 bits per heavy atom. The topological polar surface area (TPSA) is 59.8 Å². The number of nitrogens with zero attached hydrogens (tertiary/aromatic N) is 3. The fourth-order valence-electron chi connectivity index (χ4n) is 2.56. The summed E-state index contributed by atoms with van der Waals surface area (Å²) >= 11 is 0. The summed E-state index contributed by atoms with van der Waals surface area (Å²) in [5.74, 6) is -1.77. The van der Waals surface area contributed by atoms with Crippen molar-refractivity contribution in [2.24, 2.45) is 0 Å². The number of benzene rings is 2. The van der Waals surface area contributed by atoms with Crippen LogP contribution in [0.4, 0.5) is 14.5 Å². The van der Waals surface area contributed by atoms with Crippen molar-refractivity contribution in [2.75, 3.05) is 5.32 Å². The van der Waals surface area contributed by atoms with Crippen molar-refractivity contribution in [3.63, 3.8) is 0 Å². The summed E-state index contributed by atoms with van der Waals surface area (Å²) in [6.45, 7) is 5.91. The molecule has 0 aliphatic carbocycles. The highest BCUT2D eigenvalue weighted by Crippen LogP contribution is 2.20. The van der Waals surface area contributed by atoms with Crippen LogP contribution in [0.2, 0.25) is 0 Å². The molecular weight excluding hydrogens is 338 g/mol. The lowest BCUT2D eigenvalue weighted by Gasteiger charge is -2.08. The summed E-state index contributed by atoms with van der Waals surface area (Å²) in [4.78, 5) is 12.4. The van der Waals surface area contributed by atoms with Gasteiger partial charge >= 0.3 is 0 Å². The fraction of sp³-hybridized carbons (Fsp3) is 0.211. The van der Waals surface area contributed by atoms with Crippen LogP contribution in [0.5, 0.6) is 0 Å². The fourth-order valence-corrected chi connectivity index (χ4v) is 2.56. The Balaban J connectivity index is 1.85. The number of nitrogens with one attached hydrogen (secondary N) is 1. The maximum Gasteiger partial charge on any atom is 0.278 e. The van der Waals surface area contributed by atoms with E-state index < -0.39 is 17.5 Å². The molecule has 0 radical (unpaired) electrons. The van der Waals surface area contributed by atoms with Crippen LogP contribution in [-0.4, -0.2) is 20.9 Å². The largest absolute Gasteiger partial charge is 0.318 e. The first kappa shape index (κ1) is 17.7. The van der Waals surface area contributed by atoms with Gasteiger partial charge in [-0.25, -0.2) is 13.5 Å². The third-order valence-corrected chi connectivity index (χ3v) is 4.09. The predicted octanol–water partition coefficient (Wildman–Crippen LogP) is 4.23. The average molecular weight is 356 g/mol. The molecular formula is C19H18F2N4O. The molecule has 0 saturated carbocycles. The van der Waals surface area contributed by atoms with Crippen molar-refractivity contribution in [3.8, 4) is 5.69 Å². The minimum Gasteiger partial charge on any atom is -0.318 e. The molecule has 3 rings (SSSR count). The lowest BCUT2D eigenvalue weighted by Crippen LogP contribution is -2.15. The second-order valence-corrected chi connectivity index (χ2v) is 6.26. The molecule has 134 valence electrons. The average Bonchev–Trinajstić information content (AvgIpc) is 2.99. The van der Waals surface area contributed by atoms with Crippen molar-refractivity contribution in [3.05, 3.63) is 71.1 Å². The van der Waals surface area contributed by atoms with Crippen molar-refractivity contribution in [1.82, 2.24) is 15.0 Å². The Kier molecular flexibility index (Phi) is 4.79. The summed E-state index contributed by atoms with van der Waals surface area (Å²) in [6, 6.07) is 10.7. The lowest BCUT2D eigenvalue weighted by atomic mass is 10.0. The van der Waals surface area contributed by atoms with Gasteiger partial charge in [0.05, 0.1) is 17.1 Å². The second kappa shape index (κ2) is 7.03. The number of hydrogen-bond donors (Lipinski definition) is 1. The normalized spacial score (nSPS) is 11.0. The zero-order valence-electron chi connectivity index (χ0n) is 14.6. The number of anilines is 1. The standard InChI is InChI=1S/C19H18F2N4O/c1-11(2)13-4-7-15(8-5-13)25-12(3)18(23-24-25)19(26)22-17-9-6-14(20)10-16(17)21/h4-11H,1-3H3,(H,22,26). The summed E-state index contributed by atoms with van der Waals surface area (Å²) in [6.07, 6.45) is 0. The monoisotopic (exact) mass is 356 g/mol. The van der Waals surface area contributed by atoms with E-state index in [2.05, 4.69) is 29.5 Å². The zero-order valence-corrected chi connectivity index (χ0v) is 14.6. The Morgan fingerprint density at radius 3 is 2.42 bits per heavy atom. The van der Waals surface area contributed by atoms with E-state index in [0.717, 1.165) is 17.8 Å². The van der Waals surface area contributed by atoms with Crippen molar-refractivity contribution >= 4 is 11.6 Å². The molecule has 0 fully saturated rings. The predicted molar refractivity (Wildman–Crippen MR) is 94.5 cm³/mol. The van der Waals surface area contributed by atoms with Crippen LogP contribution in [0, 0.1) is 18.6 Å². The smallest absolute Gasteiger partial charge is 0.278 e. The van der Waals surface area contributed by atoms with Crippen LogP contribution < -0.4 is 5.32 Å². The Morgan fingerprint density at radius 1 is 1.12 bits per heavy atom. The van der Waals surface area contributed by atoms with Gasteiger partial charge in [0.25, 0.3) is 5.91 Å². The van der Waals surface area contributed by atoms with E-state index in [1.165, 1.54) is 5.56 Å². The Bertz CT molecular complexity index is 949. The maximum absolute atomic E-state index is 13.7. The molecule has 0 saturated heterocycles. The molecule has 0 spiro atoms. The quantitative estimate of drug-likeness (QED) is 0.761. The minimum atomic E-state index is -0.854. The van der Waals surface area contributed by atoms with E-state index in [4.69, 9.17) is 0 Å². The summed E-state index contributed by atoms with van der Waals surface area (Å²) in [5, 5.41) is 10.3. The van der Waals surface area contributed by atoms with Crippen LogP contribution in [0.15, 0.2) is 42.5 Å². The minimum absolute atomic E-state index is 0.0710. The van der Waals surface area contributed by atoms with Gasteiger partial charge in [-0.05, 0) is 42.7 Å².